The van der Waals surface area contributed by atoms with Crippen molar-refractivity contribution < 1.29 is 40.4 Å². The zero-order valence-electron chi connectivity index (χ0n) is 15.1. The third-order valence-corrected chi connectivity index (χ3v) is 4.21. The van der Waals surface area contributed by atoms with Gasteiger partial charge < -0.3 is 9.36 Å². The molecule has 1 aromatic rings. The Morgan fingerprint density at radius 2 is 1.74 bits per heavy atom. The van der Waals surface area contributed by atoms with E-state index >= 15 is 0 Å². The summed E-state index contributed by atoms with van der Waals surface area (Å²) in [6, 6.07) is 0. The third kappa shape index (κ3) is 6.17. The van der Waals surface area contributed by atoms with Crippen LogP contribution in [0.25, 0.3) is 0 Å². The van der Waals surface area contributed by atoms with E-state index in [4.69, 9.17) is 0 Å². The molecule has 4 heteroatoms. The van der Waals surface area contributed by atoms with Gasteiger partial charge in [-0.25, -0.2) is 0 Å². The number of ketones is 1. The van der Waals surface area contributed by atoms with Gasteiger partial charge in [-0.1, -0.05) is 59.2 Å². The molecule has 125 valence electrons. The number of rotatable bonds is 3. The maximum atomic E-state index is 12.3. The number of carbonyl (C=O) groups excluding carboxylic acids is 1. The Bertz CT molecular complexity index is 596. The van der Waals surface area contributed by atoms with E-state index in [1.54, 1.807) is 13.1 Å². The first-order valence-electron chi connectivity index (χ1n) is 8.32. The molecule has 3 nitrogen and oxygen atoms in total. The summed E-state index contributed by atoms with van der Waals surface area (Å²) in [5, 5.41) is 0. The van der Waals surface area contributed by atoms with Crippen molar-refractivity contribution in [1.82, 2.24) is 4.57 Å². The molecular formula is C19H28LaNO2-. The molecule has 0 saturated heterocycles. The van der Waals surface area contributed by atoms with Crippen molar-refractivity contribution in [1.29, 1.82) is 0 Å². The van der Waals surface area contributed by atoms with Gasteiger partial charge in [0.2, 0.25) is 0 Å². The molecule has 1 aromatic heterocycles. The van der Waals surface area contributed by atoms with Crippen LogP contribution in [0.15, 0.2) is 16.9 Å². The van der Waals surface area contributed by atoms with Crippen molar-refractivity contribution >= 4 is 5.78 Å². The van der Waals surface area contributed by atoms with E-state index in [1.165, 1.54) is 23.8 Å². The fourth-order valence-corrected chi connectivity index (χ4v) is 2.83. The molecule has 0 aromatic carbocycles. The number of aryl methyl sites for hydroxylation is 2. The Morgan fingerprint density at radius 1 is 1.17 bits per heavy atom. The normalized spacial score (nSPS) is 14.8. The zero-order chi connectivity index (χ0) is 16.7. The minimum Gasteiger partial charge on any atom is -0.426 e. The maximum Gasteiger partial charge on any atom is 0.167 e. The van der Waals surface area contributed by atoms with Gasteiger partial charge in [0.25, 0.3) is 0 Å². The molecule has 0 spiro atoms. The van der Waals surface area contributed by atoms with Gasteiger partial charge in [0.05, 0.1) is 0 Å². The van der Waals surface area contributed by atoms with Gasteiger partial charge in [0.15, 0.2) is 5.78 Å². The van der Waals surface area contributed by atoms with Gasteiger partial charge in [-0.3, -0.25) is 4.79 Å². The van der Waals surface area contributed by atoms with Gasteiger partial charge in [-0.15, -0.1) is 11.1 Å². The van der Waals surface area contributed by atoms with E-state index in [2.05, 4.69) is 6.20 Å². The van der Waals surface area contributed by atoms with Crippen LogP contribution in [0.4, 0.5) is 0 Å². The van der Waals surface area contributed by atoms with E-state index in [-0.39, 0.29) is 52.5 Å². The minimum atomic E-state index is -0.258. The van der Waals surface area contributed by atoms with Crippen LogP contribution < -0.4 is 5.56 Å². The predicted molar refractivity (Wildman–Crippen MR) is 91.4 cm³/mol. The predicted octanol–water partition coefficient (Wildman–Crippen LogP) is 4.15. The topological polar surface area (TPSA) is 39.1 Å². The summed E-state index contributed by atoms with van der Waals surface area (Å²) < 4.78 is 1.37. The molecular weight excluding hydrogens is 413 g/mol. The van der Waals surface area contributed by atoms with Crippen molar-refractivity contribution in [2.45, 2.75) is 59.8 Å². The second-order valence-electron chi connectivity index (χ2n) is 5.72. The number of hydrogen-bond donors (Lipinski definition) is 0. The van der Waals surface area contributed by atoms with E-state index in [0.29, 0.717) is 5.92 Å². The number of nitrogens with zero attached hydrogens (tertiary/aromatic N) is 1. The fourth-order valence-electron chi connectivity index (χ4n) is 2.83. The number of aromatic nitrogens is 1. The average molecular weight is 441 g/mol. The van der Waals surface area contributed by atoms with Crippen molar-refractivity contribution in [3.8, 4) is 0 Å². The van der Waals surface area contributed by atoms with Gasteiger partial charge in [-0.2, -0.15) is 0 Å². The van der Waals surface area contributed by atoms with Gasteiger partial charge >= 0.3 is 0 Å². The smallest absolute Gasteiger partial charge is 0.167 e. The van der Waals surface area contributed by atoms with Crippen LogP contribution in [0.5, 0.6) is 0 Å². The molecule has 1 fully saturated rings. The molecule has 23 heavy (non-hydrogen) atoms. The molecule has 0 aliphatic heterocycles. The van der Waals surface area contributed by atoms with Gasteiger partial charge in [0, 0.05) is 35.6 Å². The summed E-state index contributed by atoms with van der Waals surface area (Å²) in [5.74, 6) is 0.319. The first kappa shape index (κ1) is 22.6. The number of allylic oxidation sites excluding steroid dienone is 2. The Morgan fingerprint density at radius 3 is 2.30 bits per heavy atom. The summed E-state index contributed by atoms with van der Waals surface area (Å²) in [7, 11) is 1.64. The van der Waals surface area contributed by atoms with Crippen LogP contribution in [0.2, 0.25) is 0 Å². The Balaban J connectivity index is 0.00000155. The molecule has 2 rings (SSSR count). The van der Waals surface area contributed by atoms with Crippen LogP contribution in [-0.4, -0.2) is 10.4 Å². The van der Waals surface area contributed by atoms with Crippen molar-refractivity contribution in [3.63, 3.8) is 0 Å². The first-order chi connectivity index (χ1) is 10.5. The van der Waals surface area contributed by atoms with Crippen molar-refractivity contribution in [3.05, 3.63) is 45.4 Å². The van der Waals surface area contributed by atoms with Crippen molar-refractivity contribution in [2.24, 2.45) is 13.0 Å². The first-order valence-corrected chi connectivity index (χ1v) is 8.32. The molecule has 0 N–H and O–H groups in total. The van der Waals surface area contributed by atoms with Gasteiger partial charge in [0.1, 0.15) is 5.56 Å². The monoisotopic (exact) mass is 441 g/mol. The van der Waals surface area contributed by atoms with Crippen LogP contribution in [0.1, 0.15) is 67.4 Å². The number of pyridine rings is 1. The summed E-state index contributed by atoms with van der Waals surface area (Å²) in [4.78, 5) is 24.4. The van der Waals surface area contributed by atoms with Crippen LogP contribution in [0, 0.1) is 61.6 Å². The van der Waals surface area contributed by atoms with E-state index in [9.17, 15) is 9.59 Å². The van der Waals surface area contributed by atoms with E-state index < -0.39 is 0 Å². The minimum absolute atomic E-state index is 0. The molecule has 0 amide bonds. The molecule has 1 heterocycles. The quantitative estimate of drug-likeness (QED) is 0.402. The van der Waals surface area contributed by atoms with E-state index in [0.717, 1.165) is 24.0 Å². The van der Waals surface area contributed by atoms with Crippen LogP contribution in [0.3, 0.4) is 0 Å². The second-order valence-corrected chi connectivity index (χ2v) is 5.72. The molecule has 1 saturated carbocycles. The largest absolute Gasteiger partial charge is 0.426 e. The maximum absolute atomic E-state index is 12.3. The zero-order valence-corrected chi connectivity index (χ0v) is 18.7. The second kappa shape index (κ2) is 11.2. The average Bonchev–Trinajstić information content (AvgIpc) is 2.54. The molecule has 1 radical (unpaired) electrons. The number of hydrogen-bond acceptors (Lipinski definition) is 2. The molecule has 0 bridgehead atoms. The van der Waals surface area contributed by atoms with Crippen molar-refractivity contribution in [2.75, 3.05) is 0 Å². The van der Waals surface area contributed by atoms with Crippen LogP contribution >= 0.6 is 0 Å². The fraction of sp³-hybridized carbons (Fsp3) is 0.579. The third-order valence-electron chi connectivity index (χ3n) is 4.21. The summed E-state index contributed by atoms with van der Waals surface area (Å²) in [6.45, 7) is 7.69. The Kier molecular flexibility index (Phi) is 11.0. The van der Waals surface area contributed by atoms with Crippen LogP contribution in [-0.2, 0) is 7.05 Å². The Hall–Kier alpha value is -0.445. The molecule has 0 unspecified atom stereocenters. The van der Waals surface area contributed by atoms with E-state index in [1.807, 2.05) is 33.8 Å². The summed E-state index contributed by atoms with van der Waals surface area (Å²) >= 11 is 0. The standard InChI is InChI=1S/C17H22NO2.C2H6.La/c1-12-11-18(3)17(20)16(13(12)2)15(19)10-9-14-7-5-4-6-8-14;1-2;/h9-10,14H,4-8H2,1-3H3;1-2H3;/q-1;;/b10-9+;;. The van der Waals surface area contributed by atoms with Gasteiger partial charge in [-0.05, 0) is 37.4 Å². The summed E-state index contributed by atoms with van der Waals surface area (Å²) in [5.41, 5.74) is 1.62. The number of carbonyl (C=O) groups is 1. The molecule has 1 aliphatic carbocycles. The molecule has 0 atom stereocenters. The summed E-state index contributed by atoms with van der Waals surface area (Å²) in [6.07, 6.45) is 12.6. The SMILES string of the molecule is CC.Cc1[c-]n(C)c(=O)c(C(=O)/C=C/C2CCCCC2)c1C.[La]. The molecule has 1 aliphatic rings. The Labute approximate surface area is 168 Å².